The molecule has 4 rings (SSSR count). The minimum absolute atomic E-state index is 0.193. The normalized spacial score (nSPS) is 21.7. The van der Waals surface area contributed by atoms with Gasteiger partial charge in [0.2, 0.25) is 0 Å². The van der Waals surface area contributed by atoms with Crippen LogP contribution in [0.5, 0.6) is 0 Å². The van der Waals surface area contributed by atoms with Gasteiger partial charge in [0.15, 0.2) is 5.11 Å². The van der Waals surface area contributed by atoms with E-state index in [1.807, 2.05) is 11.1 Å². The van der Waals surface area contributed by atoms with Gasteiger partial charge in [0.25, 0.3) is 0 Å². The molecule has 2 heterocycles. The van der Waals surface area contributed by atoms with Crippen molar-refractivity contribution in [2.24, 2.45) is 11.0 Å². The lowest BCUT2D eigenvalue weighted by atomic mass is 9.79. The third-order valence-corrected chi connectivity index (χ3v) is 5.94. The van der Waals surface area contributed by atoms with Crippen LogP contribution in [0.2, 0.25) is 0 Å². The monoisotopic (exact) mass is 353 g/mol. The number of thiocarbonyl (C=S) groups is 1. The van der Waals surface area contributed by atoms with Gasteiger partial charge in [0.05, 0.1) is 11.8 Å². The van der Waals surface area contributed by atoms with Crippen molar-refractivity contribution >= 4 is 34.4 Å². The molecule has 0 saturated heterocycles. The van der Waals surface area contributed by atoms with E-state index in [4.69, 9.17) is 17.3 Å². The van der Waals surface area contributed by atoms with Gasteiger partial charge in [-0.25, -0.2) is 5.01 Å². The van der Waals surface area contributed by atoms with Crippen LogP contribution in [0.25, 0.3) is 0 Å². The molecule has 1 aromatic carbocycles. The summed E-state index contributed by atoms with van der Waals surface area (Å²) in [4.78, 5) is 1.32. The van der Waals surface area contributed by atoms with Crippen molar-refractivity contribution < 1.29 is 0 Å². The minimum atomic E-state index is 0.193. The van der Waals surface area contributed by atoms with Crippen molar-refractivity contribution in [1.29, 1.82) is 0 Å². The van der Waals surface area contributed by atoms with Crippen molar-refractivity contribution in [1.82, 2.24) is 10.3 Å². The fourth-order valence-corrected chi connectivity index (χ4v) is 4.72. The fraction of sp³-hybridized carbons (Fsp3) is 0.263. The predicted octanol–water partition coefficient (Wildman–Crippen LogP) is 4.13. The summed E-state index contributed by atoms with van der Waals surface area (Å²) in [6.07, 6.45) is 4.03. The van der Waals surface area contributed by atoms with Gasteiger partial charge in [-0.1, -0.05) is 36.4 Å². The Morgan fingerprint density at radius 2 is 2.25 bits per heavy atom. The molecule has 0 bridgehead atoms. The van der Waals surface area contributed by atoms with E-state index in [1.54, 1.807) is 11.3 Å². The molecule has 0 amide bonds. The number of aryl methyl sites for hydroxylation is 1. The molecule has 0 unspecified atom stereocenters. The molecule has 5 heteroatoms. The first-order chi connectivity index (χ1) is 11.8. The number of fused-ring (bicyclic) bond motifs is 3. The summed E-state index contributed by atoms with van der Waals surface area (Å²) in [5.41, 5.74) is 3.85. The van der Waals surface area contributed by atoms with Crippen LogP contribution in [0.15, 0.2) is 59.5 Å². The van der Waals surface area contributed by atoms with E-state index in [2.05, 4.69) is 53.7 Å². The quantitative estimate of drug-likeness (QED) is 0.664. The Hall–Kier alpha value is -1.98. The molecule has 2 aliphatic rings. The zero-order chi connectivity index (χ0) is 16.5. The van der Waals surface area contributed by atoms with Gasteiger partial charge < -0.3 is 5.32 Å². The van der Waals surface area contributed by atoms with Gasteiger partial charge in [-0.15, -0.1) is 17.9 Å². The van der Waals surface area contributed by atoms with Gasteiger partial charge in [0, 0.05) is 22.9 Å². The Kier molecular flexibility index (Phi) is 4.21. The van der Waals surface area contributed by atoms with E-state index in [1.165, 1.54) is 21.7 Å². The maximum Gasteiger partial charge on any atom is 0.190 e. The highest BCUT2D eigenvalue weighted by molar-refractivity contribution is 7.80. The average molecular weight is 354 g/mol. The van der Waals surface area contributed by atoms with Crippen molar-refractivity contribution in [2.75, 3.05) is 6.54 Å². The maximum absolute atomic E-state index is 5.62. The van der Waals surface area contributed by atoms with Crippen LogP contribution in [0.4, 0.5) is 0 Å². The van der Waals surface area contributed by atoms with Crippen LogP contribution >= 0.6 is 23.6 Å². The number of hydrogen-bond donors (Lipinski definition) is 1. The molecule has 0 spiro atoms. The summed E-state index contributed by atoms with van der Waals surface area (Å²) >= 11 is 7.40. The number of rotatable bonds is 3. The third kappa shape index (κ3) is 2.58. The smallest absolute Gasteiger partial charge is 0.190 e. The molecule has 1 aliphatic heterocycles. The summed E-state index contributed by atoms with van der Waals surface area (Å²) in [5.74, 6) is 0.391. The molecule has 2 atom stereocenters. The highest BCUT2D eigenvalue weighted by Gasteiger charge is 2.43. The van der Waals surface area contributed by atoms with E-state index in [9.17, 15) is 0 Å². The second kappa shape index (κ2) is 6.49. The number of benzene rings is 1. The number of thiophene rings is 1. The number of hydrogen-bond acceptors (Lipinski definition) is 3. The minimum Gasteiger partial charge on any atom is -0.358 e. The van der Waals surface area contributed by atoms with Crippen LogP contribution in [0.1, 0.15) is 28.5 Å². The maximum atomic E-state index is 5.62. The summed E-state index contributed by atoms with van der Waals surface area (Å²) in [6.45, 7) is 4.41. The summed E-state index contributed by atoms with van der Waals surface area (Å²) < 4.78 is 0. The van der Waals surface area contributed by atoms with Crippen LogP contribution in [0, 0.1) is 5.92 Å². The van der Waals surface area contributed by atoms with E-state index >= 15 is 0 Å². The first-order valence-electron chi connectivity index (χ1n) is 8.17. The molecular formula is C19H19N3S2. The summed E-state index contributed by atoms with van der Waals surface area (Å²) in [5, 5.41) is 13.0. The summed E-state index contributed by atoms with van der Waals surface area (Å²) in [7, 11) is 0. The van der Waals surface area contributed by atoms with Crippen molar-refractivity contribution in [3.8, 4) is 0 Å². The lowest BCUT2D eigenvalue weighted by Gasteiger charge is -2.29. The molecule has 1 aromatic heterocycles. The Labute approximate surface area is 151 Å². The third-order valence-electron chi connectivity index (χ3n) is 4.67. The van der Waals surface area contributed by atoms with Gasteiger partial charge >= 0.3 is 0 Å². The first kappa shape index (κ1) is 15.5. The van der Waals surface area contributed by atoms with Crippen molar-refractivity contribution in [3.05, 3.63) is 70.4 Å². The lowest BCUT2D eigenvalue weighted by Crippen LogP contribution is -2.38. The Morgan fingerprint density at radius 1 is 1.38 bits per heavy atom. The second-order valence-corrected chi connectivity index (χ2v) is 7.43. The van der Waals surface area contributed by atoms with Crippen LogP contribution in [0.3, 0.4) is 0 Å². The van der Waals surface area contributed by atoms with E-state index < -0.39 is 0 Å². The largest absolute Gasteiger partial charge is 0.358 e. The molecule has 24 heavy (non-hydrogen) atoms. The molecule has 122 valence electrons. The highest BCUT2D eigenvalue weighted by Crippen LogP contribution is 2.44. The topological polar surface area (TPSA) is 27.6 Å². The van der Waals surface area contributed by atoms with Crippen molar-refractivity contribution in [2.45, 2.75) is 18.9 Å². The predicted molar refractivity (Wildman–Crippen MR) is 104 cm³/mol. The van der Waals surface area contributed by atoms with Crippen LogP contribution in [-0.4, -0.2) is 22.4 Å². The van der Waals surface area contributed by atoms with Crippen LogP contribution in [-0.2, 0) is 6.42 Å². The van der Waals surface area contributed by atoms with E-state index in [0.29, 0.717) is 17.6 Å². The number of hydrazone groups is 1. The SMILES string of the molecule is C=CCNC(=S)N1N=C2c3ccccc3CC[C@@H]2[C@H]1c1cccs1. The molecule has 3 nitrogen and oxygen atoms in total. The second-order valence-electron chi connectivity index (χ2n) is 6.07. The zero-order valence-electron chi connectivity index (χ0n) is 13.3. The molecule has 1 N–H and O–H groups in total. The summed E-state index contributed by atoms with van der Waals surface area (Å²) in [6, 6.07) is 13.1. The van der Waals surface area contributed by atoms with Gasteiger partial charge in [-0.2, -0.15) is 5.10 Å². The Morgan fingerprint density at radius 3 is 3.04 bits per heavy atom. The van der Waals surface area contributed by atoms with E-state index in [0.717, 1.165) is 12.8 Å². The Balaban J connectivity index is 1.75. The molecule has 1 aliphatic carbocycles. The van der Waals surface area contributed by atoms with Gasteiger partial charge in [-0.3, -0.25) is 0 Å². The van der Waals surface area contributed by atoms with Crippen LogP contribution < -0.4 is 5.32 Å². The standard InChI is InChI=1S/C19H19N3S2/c1-2-11-20-19(23)22-18(16-8-5-12-24-16)15-10-9-13-6-3-4-7-14(13)17(15)21-22/h2-8,12,15,18H,1,9-11H2,(H,20,23)/t15-,18-/m0/s1. The van der Waals surface area contributed by atoms with E-state index in [-0.39, 0.29) is 6.04 Å². The highest BCUT2D eigenvalue weighted by atomic mass is 32.1. The molecular weight excluding hydrogens is 334 g/mol. The number of nitrogens with zero attached hydrogens (tertiary/aromatic N) is 2. The molecule has 2 aromatic rings. The molecule has 0 radical (unpaired) electrons. The average Bonchev–Trinajstić information content (AvgIpc) is 3.26. The Bertz CT molecular complexity index is 795. The van der Waals surface area contributed by atoms with Gasteiger partial charge in [0.1, 0.15) is 0 Å². The molecule has 0 saturated carbocycles. The fourth-order valence-electron chi connectivity index (χ4n) is 3.61. The lowest BCUT2D eigenvalue weighted by molar-refractivity contribution is 0.309. The van der Waals surface area contributed by atoms with Crippen molar-refractivity contribution in [3.63, 3.8) is 0 Å². The zero-order valence-corrected chi connectivity index (χ0v) is 14.9. The van der Waals surface area contributed by atoms with Gasteiger partial charge in [-0.05, 0) is 42.1 Å². The molecule has 0 fully saturated rings. The first-order valence-corrected chi connectivity index (χ1v) is 9.46. The number of nitrogens with one attached hydrogen (secondary N) is 1.